The number of rotatable bonds is 3. The minimum Gasteiger partial charge on any atom is -0.399 e. The minimum absolute atomic E-state index is 0.0250. The van der Waals surface area contributed by atoms with E-state index in [0.29, 0.717) is 37.4 Å². The number of nitrogen functional groups attached to an aromatic ring is 1. The van der Waals surface area contributed by atoms with E-state index < -0.39 is 5.60 Å². The highest BCUT2D eigenvalue weighted by Gasteiger charge is 2.43. The zero-order valence-electron chi connectivity index (χ0n) is 15.5. The van der Waals surface area contributed by atoms with Crippen LogP contribution in [0, 0.1) is 6.92 Å². The molecular weight excluding hydrogens is 350 g/mol. The molecule has 3 rings (SSSR count). The van der Waals surface area contributed by atoms with Gasteiger partial charge < -0.3 is 20.3 Å². The number of carbonyl (C=O) groups excluding carboxylic acids is 2. The zero-order valence-corrected chi connectivity index (χ0v) is 16.3. The van der Waals surface area contributed by atoms with Crippen LogP contribution in [0.2, 0.25) is 0 Å². The number of nitrogens with two attached hydrogens (primary N) is 1. The fourth-order valence-corrected chi connectivity index (χ4v) is 4.88. The molecule has 0 aromatic heterocycles. The molecule has 1 aromatic rings. The number of hydrogen-bond acceptors (Lipinski definition) is 5. The summed E-state index contributed by atoms with van der Waals surface area (Å²) in [4.78, 5) is 29.4. The number of hydrogen-bond donors (Lipinski definition) is 1. The normalized spacial score (nSPS) is 20.1. The Morgan fingerprint density at radius 3 is 2.27 bits per heavy atom. The van der Waals surface area contributed by atoms with E-state index in [9.17, 15) is 9.59 Å². The molecular formula is C19H27N3O3S. The second-order valence-corrected chi connectivity index (χ2v) is 8.25. The van der Waals surface area contributed by atoms with E-state index in [4.69, 9.17) is 10.5 Å². The number of benzene rings is 1. The topological polar surface area (TPSA) is 75.9 Å². The van der Waals surface area contributed by atoms with Crippen LogP contribution in [0.1, 0.15) is 28.8 Å². The first-order valence-corrected chi connectivity index (χ1v) is 10.2. The highest BCUT2D eigenvalue weighted by atomic mass is 32.2. The van der Waals surface area contributed by atoms with Gasteiger partial charge in [-0.05, 0) is 55.0 Å². The summed E-state index contributed by atoms with van der Waals surface area (Å²) >= 11 is 1.87. The molecule has 7 heteroatoms. The lowest BCUT2D eigenvalue weighted by Crippen LogP contribution is -2.58. The van der Waals surface area contributed by atoms with Crippen molar-refractivity contribution in [1.82, 2.24) is 9.80 Å². The molecule has 26 heavy (non-hydrogen) atoms. The zero-order chi connectivity index (χ0) is 18.7. The Morgan fingerprint density at radius 1 is 1.08 bits per heavy atom. The average Bonchev–Trinajstić information content (AvgIpc) is 2.66. The highest BCUT2D eigenvalue weighted by molar-refractivity contribution is 7.99. The van der Waals surface area contributed by atoms with E-state index in [0.717, 1.165) is 29.9 Å². The lowest BCUT2D eigenvalue weighted by Gasteiger charge is -2.42. The van der Waals surface area contributed by atoms with Crippen LogP contribution >= 0.6 is 11.8 Å². The quantitative estimate of drug-likeness (QED) is 0.813. The van der Waals surface area contributed by atoms with Crippen molar-refractivity contribution in [2.45, 2.75) is 25.4 Å². The molecule has 2 aliphatic rings. The predicted molar refractivity (Wildman–Crippen MR) is 104 cm³/mol. The summed E-state index contributed by atoms with van der Waals surface area (Å²) in [6.07, 6.45) is 1.52. The van der Waals surface area contributed by atoms with Gasteiger partial charge in [0.25, 0.3) is 11.8 Å². The third-order valence-corrected chi connectivity index (χ3v) is 6.27. The number of aryl methyl sites for hydroxylation is 1. The molecule has 142 valence electrons. The van der Waals surface area contributed by atoms with Crippen molar-refractivity contribution in [3.8, 4) is 0 Å². The largest absolute Gasteiger partial charge is 0.399 e. The third-order valence-electron chi connectivity index (χ3n) is 5.28. The number of thioether (sulfide) groups is 1. The first-order chi connectivity index (χ1) is 12.4. The van der Waals surface area contributed by atoms with Crippen molar-refractivity contribution in [3.05, 3.63) is 29.3 Å². The Labute approximate surface area is 159 Å². The van der Waals surface area contributed by atoms with Crippen LogP contribution in [0.4, 0.5) is 5.69 Å². The lowest BCUT2D eigenvalue weighted by atomic mass is 9.94. The smallest absolute Gasteiger partial charge is 0.254 e. The van der Waals surface area contributed by atoms with Gasteiger partial charge in [-0.1, -0.05) is 0 Å². The summed E-state index contributed by atoms with van der Waals surface area (Å²) in [6.45, 7) is 4.09. The maximum Gasteiger partial charge on any atom is 0.254 e. The van der Waals surface area contributed by atoms with Crippen LogP contribution in [0.5, 0.6) is 0 Å². The van der Waals surface area contributed by atoms with E-state index in [1.165, 1.54) is 0 Å². The number of ether oxygens (including phenoxy) is 1. The molecule has 0 atom stereocenters. The second kappa shape index (κ2) is 7.88. The summed E-state index contributed by atoms with van der Waals surface area (Å²) < 4.78 is 5.66. The standard InChI is InChI=1S/C19H27N3O3S/c1-14-11-15(13-16(20)12-14)17(23)21-5-7-22(8-6-21)18(24)19(25-2)3-9-26-10-4-19/h11-13H,3-10,20H2,1-2H3. The van der Waals surface area contributed by atoms with E-state index in [2.05, 4.69) is 0 Å². The molecule has 2 heterocycles. The predicted octanol–water partition coefficient (Wildman–Crippen LogP) is 1.77. The third kappa shape index (κ3) is 3.83. The van der Waals surface area contributed by atoms with Crippen molar-refractivity contribution in [2.75, 3.05) is 50.5 Å². The number of amides is 2. The lowest BCUT2D eigenvalue weighted by molar-refractivity contribution is -0.157. The molecule has 0 unspecified atom stereocenters. The van der Waals surface area contributed by atoms with E-state index in [1.54, 1.807) is 18.1 Å². The fourth-order valence-electron chi connectivity index (χ4n) is 3.73. The second-order valence-electron chi connectivity index (χ2n) is 7.03. The number of piperazine rings is 1. The Morgan fingerprint density at radius 2 is 1.69 bits per heavy atom. The van der Waals surface area contributed by atoms with Crippen LogP contribution in [0.15, 0.2) is 18.2 Å². The fraction of sp³-hybridized carbons (Fsp3) is 0.579. The van der Waals surface area contributed by atoms with Crippen molar-refractivity contribution in [3.63, 3.8) is 0 Å². The molecule has 0 aliphatic carbocycles. The molecule has 0 saturated carbocycles. The van der Waals surface area contributed by atoms with Gasteiger partial charge in [-0.2, -0.15) is 11.8 Å². The molecule has 2 N–H and O–H groups in total. The van der Waals surface area contributed by atoms with Crippen molar-refractivity contribution in [1.29, 1.82) is 0 Å². The number of nitrogens with zero attached hydrogens (tertiary/aromatic N) is 2. The maximum absolute atomic E-state index is 13.0. The molecule has 2 fully saturated rings. The number of carbonyl (C=O) groups is 2. The van der Waals surface area contributed by atoms with Crippen molar-refractivity contribution in [2.24, 2.45) is 0 Å². The van der Waals surface area contributed by atoms with Crippen molar-refractivity contribution >= 4 is 29.3 Å². The highest BCUT2D eigenvalue weighted by Crippen LogP contribution is 2.32. The molecule has 2 saturated heterocycles. The Hall–Kier alpha value is -1.73. The Kier molecular flexibility index (Phi) is 5.77. The van der Waals surface area contributed by atoms with Gasteiger partial charge in [0.15, 0.2) is 0 Å². The van der Waals surface area contributed by atoms with Gasteiger partial charge in [-0.15, -0.1) is 0 Å². The first kappa shape index (κ1) is 19.0. The molecule has 1 aromatic carbocycles. The van der Waals surface area contributed by atoms with E-state index in [1.807, 2.05) is 35.7 Å². The van der Waals surface area contributed by atoms with Crippen LogP contribution in [-0.2, 0) is 9.53 Å². The van der Waals surface area contributed by atoms with E-state index >= 15 is 0 Å². The Bertz CT molecular complexity index is 660. The number of anilines is 1. The molecule has 2 aliphatic heterocycles. The molecule has 0 bridgehead atoms. The van der Waals surface area contributed by atoms with Gasteiger partial charge in [-0.25, -0.2) is 0 Å². The van der Waals surface area contributed by atoms with Gasteiger partial charge in [0.1, 0.15) is 5.60 Å². The van der Waals surface area contributed by atoms with E-state index in [-0.39, 0.29) is 11.8 Å². The summed E-state index contributed by atoms with van der Waals surface area (Å²) in [5.41, 5.74) is 7.36. The van der Waals surface area contributed by atoms with Crippen LogP contribution in [0.3, 0.4) is 0 Å². The van der Waals surface area contributed by atoms with Gasteiger partial charge in [0.05, 0.1) is 0 Å². The SMILES string of the molecule is COC1(C(=O)N2CCN(C(=O)c3cc(C)cc(N)c3)CC2)CCSCC1. The van der Waals surface area contributed by atoms with Gasteiger partial charge in [-0.3, -0.25) is 9.59 Å². The monoisotopic (exact) mass is 377 g/mol. The van der Waals surface area contributed by atoms with Crippen LogP contribution < -0.4 is 5.73 Å². The molecule has 0 radical (unpaired) electrons. The van der Waals surface area contributed by atoms with Gasteiger partial charge >= 0.3 is 0 Å². The first-order valence-electron chi connectivity index (χ1n) is 9.04. The van der Waals surface area contributed by atoms with Crippen LogP contribution in [-0.4, -0.2) is 72.0 Å². The molecule has 6 nitrogen and oxygen atoms in total. The minimum atomic E-state index is -0.678. The average molecular weight is 378 g/mol. The molecule has 0 spiro atoms. The summed E-state index contributed by atoms with van der Waals surface area (Å²) in [5.74, 6) is 1.95. The number of methoxy groups -OCH3 is 1. The van der Waals surface area contributed by atoms with Gasteiger partial charge in [0, 0.05) is 44.5 Å². The maximum atomic E-state index is 13.0. The van der Waals surface area contributed by atoms with Gasteiger partial charge in [0.2, 0.25) is 0 Å². The van der Waals surface area contributed by atoms with Crippen molar-refractivity contribution < 1.29 is 14.3 Å². The summed E-state index contributed by atoms with van der Waals surface area (Å²) in [6, 6.07) is 5.42. The summed E-state index contributed by atoms with van der Waals surface area (Å²) in [5, 5.41) is 0. The molecule has 2 amide bonds. The van der Waals surface area contributed by atoms with Crippen LogP contribution in [0.25, 0.3) is 0 Å². The summed E-state index contributed by atoms with van der Waals surface area (Å²) in [7, 11) is 1.63. The Balaban J connectivity index is 1.63.